The fraction of sp³-hybridized carbons (Fsp3) is 0.294. The molecule has 3 aromatic carbocycles. The summed E-state index contributed by atoms with van der Waals surface area (Å²) in [6.45, 7) is 0.903. The number of aryl methyl sites for hydroxylation is 1. The van der Waals surface area contributed by atoms with Gasteiger partial charge in [-0.25, -0.2) is 9.37 Å². The Labute approximate surface area is 255 Å². The first kappa shape index (κ1) is 29.1. The van der Waals surface area contributed by atoms with Gasteiger partial charge in [0.25, 0.3) is 5.91 Å². The quantitative estimate of drug-likeness (QED) is 0.355. The number of rotatable bonds is 5. The highest BCUT2D eigenvalue weighted by Gasteiger charge is 2.38. The van der Waals surface area contributed by atoms with E-state index in [1.54, 1.807) is 11.2 Å². The van der Waals surface area contributed by atoms with Crippen molar-refractivity contribution < 1.29 is 23.5 Å². The van der Waals surface area contributed by atoms with Crippen molar-refractivity contribution in [1.29, 1.82) is 0 Å². The first-order valence-corrected chi connectivity index (χ1v) is 14.9. The van der Waals surface area contributed by atoms with Gasteiger partial charge in [0.2, 0.25) is 11.8 Å². The van der Waals surface area contributed by atoms with Crippen LogP contribution in [0.1, 0.15) is 36.0 Å². The number of carbonyl (C=O) groups is 3. The third-order valence-corrected chi connectivity index (χ3v) is 8.19. The monoisotopic (exact) mass is 595 g/mol. The van der Waals surface area contributed by atoms with Gasteiger partial charge in [-0.15, -0.1) is 0 Å². The number of aromatic nitrogens is 2. The summed E-state index contributed by atoms with van der Waals surface area (Å²) in [5.41, 5.74) is 3.81. The normalized spacial score (nSPS) is 18.9. The fourth-order valence-corrected chi connectivity index (χ4v) is 6.12. The van der Waals surface area contributed by atoms with E-state index in [1.165, 1.54) is 12.1 Å². The van der Waals surface area contributed by atoms with Crippen molar-refractivity contribution in [2.75, 3.05) is 19.7 Å². The maximum Gasteiger partial charge on any atom is 0.255 e. The average Bonchev–Trinajstić information content (AvgIpc) is 3.66. The van der Waals surface area contributed by atoms with Gasteiger partial charge in [-0.3, -0.25) is 14.4 Å². The van der Waals surface area contributed by atoms with Crippen LogP contribution in [0.15, 0.2) is 85.2 Å². The zero-order chi connectivity index (χ0) is 30.5. The summed E-state index contributed by atoms with van der Waals surface area (Å²) in [7, 11) is 0. The minimum absolute atomic E-state index is 0.0728. The van der Waals surface area contributed by atoms with E-state index in [9.17, 15) is 18.8 Å². The molecular weight excluding hydrogens is 561 g/mol. The van der Waals surface area contributed by atoms with Gasteiger partial charge < -0.3 is 24.8 Å². The smallest absolute Gasteiger partial charge is 0.255 e. The van der Waals surface area contributed by atoms with Crippen molar-refractivity contribution in [3.8, 4) is 28.3 Å². The lowest BCUT2D eigenvalue weighted by atomic mass is 10.0. The molecule has 2 N–H and O–H groups in total. The van der Waals surface area contributed by atoms with E-state index in [4.69, 9.17) is 9.72 Å². The second-order valence-corrected chi connectivity index (χ2v) is 11.1. The summed E-state index contributed by atoms with van der Waals surface area (Å²) in [5, 5.41) is 5.72. The predicted molar refractivity (Wildman–Crippen MR) is 163 cm³/mol. The van der Waals surface area contributed by atoms with Crippen LogP contribution in [0.4, 0.5) is 4.39 Å². The highest BCUT2D eigenvalue weighted by molar-refractivity contribution is 5.97. The lowest BCUT2D eigenvalue weighted by Gasteiger charge is -2.31. The number of ether oxygens (including phenoxy) is 1. The van der Waals surface area contributed by atoms with Crippen molar-refractivity contribution in [2.24, 2.45) is 0 Å². The lowest BCUT2D eigenvalue weighted by Crippen LogP contribution is -2.48. The third kappa shape index (κ3) is 6.34. The van der Waals surface area contributed by atoms with Crippen LogP contribution in [0.3, 0.4) is 0 Å². The minimum Gasteiger partial charge on any atom is -0.491 e. The van der Waals surface area contributed by atoms with E-state index in [2.05, 4.69) is 10.6 Å². The molecule has 0 saturated carbocycles. The maximum atomic E-state index is 14.0. The zero-order valence-electron chi connectivity index (χ0n) is 24.2. The number of hydrogen-bond donors (Lipinski definition) is 2. The number of nitrogens with zero attached hydrogens (tertiary/aromatic N) is 3. The van der Waals surface area contributed by atoms with Crippen molar-refractivity contribution in [1.82, 2.24) is 25.1 Å². The molecule has 44 heavy (non-hydrogen) atoms. The Bertz CT molecular complexity index is 1640. The van der Waals surface area contributed by atoms with Crippen molar-refractivity contribution >= 4 is 17.7 Å². The van der Waals surface area contributed by atoms with Crippen LogP contribution in [0.25, 0.3) is 22.5 Å². The largest absolute Gasteiger partial charge is 0.491 e. The van der Waals surface area contributed by atoms with E-state index in [-0.39, 0.29) is 67.7 Å². The summed E-state index contributed by atoms with van der Waals surface area (Å²) >= 11 is 0. The number of carbonyl (C=O) groups excluding carboxylic acids is 3. The molecule has 2 atom stereocenters. The fourth-order valence-electron chi connectivity index (χ4n) is 6.12. The summed E-state index contributed by atoms with van der Waals surface area (Å²) in [5.74, 6) is -1.08. The number of benzene rings is 3. The number of fused-ring (bicyclic) bond motifs is 3. The molecule has 2 aliphatic rings. The number of halogens is 1. The molecule has 4 aromatic rings. The molecule has 0 spiro atoms. The molecule has 226 valence electrons. The topological polar surface area (TPSA) is 106 Å². The van der Waals surface area contributed by atoms with Crippen LogP contribution in [0, 0.1) is 5.82 Å². The molecule has 0 unspecified atom stereocenters. The number of nitrogens with one attached hydrogen (secondary N) is 2. The Morgan fingerprint density at radius 3 is 2.43 bits per heavy atom. The predicted octanol–water partition coefficient (Wildman–Crippen LogP) is 4.43. The minimum atomic E-state index is -0.556. The molecule has 1 aromatic heterocycles. The third-order valence-electron chi connectivity index (χ3n) is 8.19. The van der Waals surface area contributed by atoms with Crippen LogP contribution in [-0.2, 0) is 16.1 Å². The molecule has 1 saturated heterocycles. The van der Waals surface area contributed by atoms with Crippen molar-refractivity contribution in [3.05, 3.63) is 96.6 Å². The van der Waals surface area contributed by atoms with Gasteiger partial charge >= 0.3 is 0 Å². The van der Waals surface area contributed by atoms with Crippen LogP contribution < -0.4 is 15.4 Å². The Morgan fingerprint density at radius 1 is 0.932 bits per heavy atom. The molecule has 10 heteroatoms. The highest BCUT2D eigenvalue weighted by atomic mass is 19.1. The molecule has 2 bridgehead atoms. The Morgan fingerprint density at radius 2 is 1.66 bits per heavy atom. The summed E-state index contributed by atoms with van der Waals surface area (Å²) in [4.78, 5) is 46.3. The molecule has 9 nitrogen and oxygen atoms in total. The molecular formula is C34H34FN5O4. The van der Waals surface area contributed by atoms with Crippen LogP contribution in [0.2, 0.25) is 0 Å². The van der Waals surface area contributed by atoms with Crippen molar-refractivity contribution in [3.63, 3.8) is 0 Å². The zero-order valence-corrected chi connectivity index (χ0v) is 24.2. The van der Waals surface area contributed by atoms with E-state index in [0.29, 0.717) is 19.4 Å². The van der Waals surface area contributed by atoms with E-state index in [0.717, 1.165) is 28.6 Å². The molecule has 2 aliphatic heterocycles. The second-order valence-electron chi connectivity index (χ2n) is 11.1. The molecule has 3 amide bonds. The SMILES string of the molecule is O=C1C[C@@H]2CC[C@H](CNC(=O)c3cc(F)ccc3OCCN1)N2C(=O)CCn1cnc(-c2ccccc2)c1-c1ccccc1. The van der Waals surface area contributed by atoms with Crippen molar-refractivity contribution in [2.45, 2.75) is 44.3 Å². The van der Waals surface area contributed by atoms with Gasteiger partial charge in [-0.1, -0.05) is 60.7 Å². The standard InChI is InChI=1S/C34H34FN5O4/c35-25-11-14-29-28(19-25)34(43)37-21-27-13-12-26(20-30(41)36-16-18-44-29)40(27)31(42)15-17-39-22-38-32(23-7-3-1-4-8-23)33(39)24-9-5-2-6-10-24/h1-11,14,19,22,26-27H,12-13,15-18,20-21H2,(H,36,41)(H,37,43)/t26-,27+/m0/s1. The van der Waals surface area contributed by atoms with Gasteiger partial charge in [0.15, 0.2) is 0 Å². The van der Waals surface area contributed by atoms with E-state index < -0.39 is 11.7 Å². The van der Waals surface area contributed by atoms with Gasteiger partial charge in [-0.2, -0.15) is 0 Å². The molecule has 6 rings (SSSR count). The lowest BCUT2D eigenvalue weighted by molar-refractivity contribution is -0.135. The first-order chi connectivity index (χ1) is 21.5. The van der Waals surface area contributed by atoms with Gasteiger partial charge in [0.1, 0.15) is 18.2 Å². The molecule has 0 aliphatic carbocycles. The van der Waals surface area contributed by atoms with E-state index >= 15 is 0 Å². The molecule has 1 fully saturated rings. The Hall–Kier alpha value is -4.99. The molecule has 0 radical (unpaired) electrons. The highest BCUT2D eigenvalue weighted by Crippen LogP contribution is 2.32. The van der Waals surface area contributed by atoms with Crippen LogP contribution in [0.5, 0.6) is 5.75 Å². The average molecular weight is 596 g/mol. The second kappa shape index (κ2) is 13.1. The van der Waals surface area contributed by atoms with E-state index in [1.807, 2.05) is 65.2 Å². The van der Waals surface area contributed by atoms with Gasteiger partial charge in [0, 0.05) is 49.1 Å². The number of amides is 3. The Kier molecular flexibility index (Phi) is 8.67. The summed E-state index contributed by atoms with van der Waals surface area (Å²) in [6, 6.07) is 23.1. The number of hydrogen-bond acceptors (Lipinski definition) is 5. The van der Waals surface area contributed by atoms with Gasteiger partial charge in [-0.05, 0) is 31.0 Å². The molecule has 3 heterocycles. The van der Waals surface area contributed by atoms with Gasteiger partial charge in [0.05, 0.1) is 29.8 Å². The summed E-state index contributed by atoms with van der Waals surface area (Å²) < 4.78 is 21.7. The summed E-state index contributed by atoms with van der Waals surface area (Å²) in [6.07, 6.45) is 3.39. The number of imidazole rings is 1. The van der Waals surface area contributed by atoms with Crippen LogP contribution >= 0.6 is 0 Å². The van der Waals surface area contributed by atoms with Crippen LogP contribution in [-0.4, -0.2) is 64.0 Å². The Balaban J connectivity index is 1.23. The first-order valence-electron chi connectivity index (χ1n) is 14.9. The maximum absolute atomic E-state index is 14.0.